The molecule has 0 bridgehead atoms. The molecule has 0 aliphatic carbocycles. The van der Waals surface area contributed by atoms with E-state index >= 15 is 0 Å². The van der Waals surface area contributed by atoms with Crippen LogP contribution >= 0.6 is 27.7 Å². The maximum absolute atomic E-state index is 13.5. The summed E-state index contributed by atoms with van der Waals surface area (Å²) in [7, 11) is 0. The summed E-state index contributed by atoms with van der Waals surface area (Å²) in [6.07, 6.45) is 1.40. The first-order chi connectivity index (χ1) is 14.2. The van der Waals surface area contributed by atoms with Crippen LogP contribution in [0.2, 0.25) is 0 Å². The lowest BCUT2D eigenvalue weighted by molar-refractivity contribution is -0.125. The monoisotopic (exact) mass is 474 g/mol. The summed E-state index contributed by atoms with van der Waals surface area (Å²) >= 11 is 5.52. The lowest BCUT2D eigenvalue weighted by Gasteiger charge is -2.36. The molecule has 0 spiro atoms. The van der Waals surface area contributed by atoms with Gasteiger partial charge in [-0.2, -0.15) is 11.8 Å². The first-order valence-electron chi connectivity index (χ1n) is 10.2. The fourth-order valence-electron chi connectivity index (χ4n) is 4.15. The van der Waals surface area contributed by atoms with Gasteiger partial charge in [0.15, 0.2) is 0 Å². The molecule has 4 rings (SSSR count). The van der Waals surface area contributed by atoms with Gasteiger partial charge in [0.05, 0.1) is 5.41 Å². The Morgan fingerprint density at radius 2 is 1.83 bits per heavy atom. The maximum atomic E-state index is 13.5. The van der Waals surface area contributed by atoms with Crippen LogP contribution in [0.4, 0.5) is 5.69 Å². The number of ether oxygens (including phenoxy) is 1. The lowest BCUT2D eigenvalue weighted by Crippen LogP contribution is -2.44. The second-order valence-electron chi connectivity index (χ2n) is 7.74. The van der Waals surface area contributed by atoms with E-state index in [2.05, 4.69) is 50.4 Å². The Labute approximate surface area is 185 Å². The topological polar surface area (TPSA) is 41.6 Å². The van der Waals surface area contributed by atoms with Gasteiger partial charge in [0, 0.05) is 54.5 Å². The van der Waals surface area contributed by atoms with Crippen molar-refractivity contribution in [3.63, 3.8) is 0 Å². The average Bonchev–Trinajstić information content (AvgIpc) is 2.76. The van der Waals surface area contributed by atoms with Crippen LogP contribution in [0.25, 0.3) is 0 Å². The highest BCUT2D eigenvalue weighted by atomic mass is 79.9. The van der Waals surface area contributed by atoms with Crippen molar-refractivity contribution in [2.24, 2.45) is 0 Å². The van der Waals surface area contributed by atoms with E-state index in [4.69, 9.17) is 4.74 Å². The van der Waals surface area contributed by atoms with E-state index < -0.39 is 5.41 Å². The zero-order valence-corrected chi connectivity index (χ0v) is 18.9. The van der Waals surface area contributed by atoms with E-state index in [9.17, 15) is 4.79 Å². The minimum absolute atomic E-state index is 0.0645. The molecule has 1 N–H and O–H groups in total. The maximum Gasteiger partial charge on any atom is 0.235 e. The minimum Gasteiger partial charge on any atom is -0.381 e. The van der Waals surface area contributed by atoms with Crippen molar-refractivity contribution in [3.8, 4) is 0 Å². The van der Waals surface area contributed by atoms with Gasteiger partial charge < -0.3 is 10.1 Å². The van der Waals surface area contributed by atoms with Crippen molar-refractivity contribution >= 4 is 39.3 Å². The summed E-state index contributed by atoms with van der Waals surface area (Å²) in [6.45, 7) is 4.42. The van der Waals surface area contributed by atoms with E-state index in [0.717, 1.165) is 35.4 Å². The zero-order chi connectivity index (χ0) is 20.1. The summed E-state index contributed by atoms with van der Waals surface area (Å²) in [5, 5.41) is 3.21. The Hall–Kier alpha value is -1.34. The van der Waals surface area contributed by atoms with Gasteiger partial charge in [-0.15, -0.1) is 0 Å². The number of rotatable bonds is 5. The zero-order valence-electron chi connectivity index (χ0n) is 16.5. The highest BCUT2D eigenvalue weighted by molar-refractivity contribution is 9.10. The number of thioether (sulfide) groups is 1. The summed E-state index contributed by atoms with van der Waals surface area (Å²) in [5.74, 6) is 2.47. The van der Waals surface area contributed by atoms with Crippen LogP contribution in [0, 0.1) is 0 Å². The van der Waals surface area contributed by atoms with Crippen molar-refractivity contribution < 1.29 is 9.53 Å². The molecule has 2 aromatic carbocycles. The third-order valence-corrected chi connectivity index (χ3v) is 7.34. The van der Waals surface area contributed by atoms with Gasteiger partial charge in [0.1, 0.15) is 0 Å². The van der Waals surface area contributed by atoms with E-state index in [1.54, 1.807) is 0 Å². The third-order valence-electron chi connectivity index (χ3n) is 5.87. The van der Waals surface area contributed by atoms with Crippen molar-refractivity contribution in [1.82, 2.24) is 4.90 Å². The number of benzene rings is 2. The van der Waals surface area contributed by atoms with Gasteiger partial charge >= 0.3 is 0 Å². The second kappa shape index (κ2) is 9.65. The molecule has 29 heavy (non-hydrogen) atoms. The van der Waals surface area contributed by atoms with E-state index in [0.29, 0.717) is 26.1 Å². The summed E-state index contributed by atoms with van der Waals surface area (Å²) in [4.78, 5) is 16.0. The lowest BCUT2D eigenvalue weighted by atomic mass is 9.73. The molecule has 2 aromatic rings. The third kappa shape index (κ3) is 5.05. The van der Waals surface area contributed by atoms with Crippen LogP contribution in [0.5, 0.6) is 0 Å². The Bertz CT molecular complexity index is 831. The van der Waals surface area contributed by atoms with Crippen LogP contribution in [0.3, 0.4) is 0 Å². The normalized spacial score (nSPS) is 19.6. The fourth-order valence-corrected chi connectivity index (χ4v) is 5.39. The number of hydrogen-bond donors (Lipinski definition) is 1. The number of nitrogens with zero attached hydrogens (tertiary/aromatic N) is 1. The molecule has 0 unspecified atom stereocenters. The molecule has 0 saturated carbocycles. The Kier molecular flexibility index (Phi) is 6.96. The van der Waals surface area contributed by atoms with Gasteiger partial charge in [-0.25, -0.2) is 0 Å². The molecule has 0 aromatic heterocycles. The van der Waals surface area contributed by atoms with Crippen LogP contribution in [-0.4, -0.2) is 48.6 Å². The molecular formula is C23H27BrN2O2S. The quantitative estimate of drug-likeness (QED) is 0.682. The highest BCUT2D eigenvalue weighted by Gasteiger charge is 2.41. The molecule has 2 heterocycles. The van der Waals surface area contributed by atoms with Crippen LogP contribution in [-0.2, 0) is 21.5 Å². The average molecular weight is 475 g/mol. The second-order valence-corrected chi connectivity index (χ2v) is 9.88. The molecule has 2 saturated heterocycles. The predicted molar refractivity (Wildman–Crippen MR) is 124 cm³/mol. The van der Waals surface area contributed by atoms with Crippen LogP contribution < -0.4 is 5.32 Å². The van der Waals surface area contributed by atoms with Crippen LogP contribution in [0.1, 0.15) is 24.0 Å². The molecule has 2 aliphatic rings. The Morgan fingerprint density at radius 1 is 1.10 bits per heavy atom. The largest absolute Gasteiger partial charge is 0.381 e. The molecule has 4 nitrogen and oxygen atoms in total. The SMILES string of the molecule is O=C(Nc1cccc(CN2CCSCC2)c1)C1(c2ccc(Br)cc2)CCOCC1. The first-order valence-corrected chi connectivity index (χ1v) is 12.1. The summed E-state index contributed by atoms with van der Waals surface area (Å²) < 4.78 is 6.60. The van der Waals surface area contributed by atoms with Gasteiger partial charge in [0.25, 0.3) is 0 Å². The number of carbonyl (C=O) groups is 1. The Balaban J connectivity index is 1.51. The fraction of sp³-hybridized carbons (Fsp3) is 0.435. The number of carbonyl (C=O) groups excluding carboxylic acids is 1. The molecule has 154 valence electrons. The van der Waals surface area contributed by atoms with Gasteiger partial charge in [-0.05, 0) is 48.2 Å². The van der Waals surface area contributed by atoms with Crippen molar-refractivity contribution in [3.05, 3.63) is 64.1 Å². The number of hydrogen-bond acceptors (Lipinski definition) is 4. The summed E-state index contributed by atoms with van der Waals surface area (Å²) in [5.41, 5.74) is 2.64. The molecule has 2 aliphatic heterocycles. The first kappa shape index (κ1) is 20.9. The number of halogens is 1. The number of nitrogens with one attached hydrogen (secondary N) is 1. The standard InChI is InChI=1S/C23H27BrN2O2S/c24-20-6-4-19(5-7-20)23(8-12-28-13-9-23)22(27)25-21-3-1-2-18(16-21)17-26-10-14-29-15-11-26/h1-7,16H,8-15,17H2,(H,25,27). The van der Waals surface area contributed by atoms with Crippen molar-refractivity contribution in [1.29, 1.82) is 0 Å². The minimum atomic E-state index is -0.543. The van der Waals surface area contributed by atoms with Gasteiger partial charge in [0.2, 0.25) is 5.91 Å². The van der Waals surface area contributed by atoms with Crippen LogP contribution in [0.15, 0.2) is 53.0 Å². The Morgan fingerprint density at radius 3 is 2.55 bits per heavy atom. The molecule has 0 atom stereocenters. The number of anilines is 1. The number of amides is 1. The molecule has 6 heteroatoms. The molecule has 2 fully saturated rings. The van der Waals surface area contributed by atoms with E-state index in [1.165, 1.54) is 17.1 Å². The smallest absolute Gasteiger partial charge is 0.235 e. The predicted octanol–water partition coefficient (Wildman–Crippen LogP) is 4.68. The van der Waals surface area contributed by atoms with Crippen molar-refractivity contribution in [2.75, 3.05) is 43.1 Å². The highest BCUT2D eigenvalue weighted by Crippen LogP contribution is 2.37. The van der Waals surface area contributed by atoms with Gasteiger partial charge in [-0.3, -0.25) is 9.69 Å². The van der Waals surface area contributed by atoms with E-state index in [-0.39, 0.29) is 5.91 Å². The molecule has 1 amide bonds. The molecular weight excluding hydrogens is 448 g/mol. The van der Waals surface area contributed by atoms with E-state index in [1.807, 2.05) is 36.0 Å². The molecule has 0 radical (unpaired) electrons. The summed E-state index contributed by atoms with van der Waals surface area (Å²) in [6, 6.07) is 16.4. The van der Waals surface area contributed by atoms with Gasteiger partial charge in [-0.1, -0.05) is 40.2 Å². The van der Waals surface area contributed by atoms with Crippen molar-refractivity contribution in [2.45, 2.75) is 24.8 Å².